The van der Waals surface area contributed by atoms with Gasteiger partial charge in [0.2, 0.25) is 5.88 Å². The molecule has 106 valence electrons. The second-order valence-electron chi connectivity index (χ2n) is 4.61. The maximum Gasteiger partial charge on any atom is 0.262 e. The number of benzene rings is 1. The number of aromatic nitrogens is 2. The Labute approximate surface area is 133 Å². The third-order valence-corrected chi connectivity index (χ3v) is 4.74. The topological polar surface area (TPSA) is 66.0 Å². The van der Waals surface area contributed by atoms with Gasteiger partial charge in [0, 0.05) is 9.85 Å². The Morgan fingerprint density at radius 3 is 2.57 bits per heavy atom. The van der Waals surface area contributed by atoms with E-state index in [1.165, 1.54) is 11.3 Å². The molecule has 21 heavy (non-hydrogen) atoms. The Bertz CT molecular complexity index is 853. The van der Waals surface area contributed by atoms with Crippen molar-refractivity contribution in [2.45, 2.75) is 6.92 Å². The van der Waals surface area contributed by atoms with Crippen LogP contribution in [0.25, 0.3) is 21.8 Å². The summed E-state index contributed by atoms with van der Waals surface area (Å²) in [5.74, 6) is 0.103. The van der Waals surface area contributed by atoms with Crippen molar-refractivity contribution in [3.05, 3.63) is 56.1 Å². The summed E-state index contributed by atoms with van der Waals surface area (Å²) in [6.07, 6.45) is 0. The van der Waals surface area contributed by atoms with E-state index in [9.17, 15) is 9.90 Å². The van der Waals surface area contributed by atoms with Crippen LogP contribution in [0.2, 0.25) is 0 Å². The van der Waals surface area contributed by atoms with Gasteiger partial charge in [-0.25, -0.2) is 0 Å². The highest BCUT2D eigenvalue weighted by molar-refractivity contribution is 9.10. The molecule has 2 aromatic heterocycles. The summed E-state index contributed by atoms with van der Waals surface area (Å²) in [4.78, 5) is 19.9. The van der Waals surface area contributed by atoms with Gasteiger partial charge in [0.1, 0.15) is 5.56 Å². The molecule has 0 aliphatic carbocycles. The maximum absolute atomic E-state index is 12.3. The first-order valence-electron chi connectivity index (χ1n) is 6.19. The number of thiophene rings is 1. The summed E-state index contributed by atoms with van der Waals surface area (Å²) >= 11 is 4.79. The zero-order chi connectivity index (χ0) is 15.0. The molecule has 0 unspecified atom stereocenters. The first kappa shape index (κ1) is 14.0. The number of hydrogen-bond acceptors (Lipinski definition) is 4. The Kier molecular flexibility index (Phi) is 3.65. The summed E-state index contributed by atoms with van der Waals surface area (Å²) in [6.45, 7) is 1.96. The minimum atomic E-state index is -0.356. The minimum absolute atomic E-state index is 0.189. The average molecular weight is 363 g/mol. The summed E-state index contributed by atoms with van der Waals surface area (Å²) in [5, 5.41) is 12.0. The van der Waals surface area contributed by atoms with E-state index in [0.717, 1.165) is 14.9 Å². The number of nitrogens with one attached hydrogen (secondary N) is 1. The van der Waals surface area contributed by atoms with E-state index < -0.39 is 0 Å². The number of nitrogens with zero attached hydrogens (tertiary/aromatic N) is 1. The lowest BCUT2D eigenvalue weighted by molar-refractivity contribution is 0.454. The van der Waals surface area contributed by atoms with Crippen molar-refractivity contribution in [3.63, 3.8) is 0 Å². The molecule has 2 N–H and O–H groups in total. The van der Waals surface area contributed by atoms with Gasteiger partial charge in [-0.3, -0.25) is 4.79 Å². The second kappa shape index (κ2) is 5.46. The smallest absolute Gasteiger partial charge is 0.262 e. The van der Waals surface area contributed by atoms with Gasteiger partial charge in [0.05, 0.1) is 4.88 Å². The Morgan fingerprint density at radius 1 is 1.29 bits per heavy atom. The SMILES string of the molecule is Cc1ccc(-c2c(O)nc(-c3cc(Br)cs3)[nH]c2=O)cc1. The van der Waals surface area contributed by atoms with E-state index in [4.69, 9.17) is 0 Å². The van der Waals surface area contributed by atoms with Crippen molar-refractivity contribution >= 4 is 27.3 Å². The standard InChI is InChI=1S/C15H11BrN2O2S/c1-8-2-4-9(5-3-8)12-14(19)17-13(18-15(12)20)11-6-10(16)7-21-11/h2-7H,1H3,(H2,17,18,19,20). The average Bonchev–Trinajstić information content (AvgIpc) is 2.87. The van der Waals surface area contributed by atoms with Crippen LogP contribution in [0, 0.1) is 6.92 Å². The van der Waals surface area contributed by atoms with Crippen LogP contribution >= 0.6 is 27.3 Å². The van der Waals surface area contributed by atoms with Crippen molar-refractivity contribution in [2.24, 2.45) is 0 Å². The monoisotopic (exact) mass is 362 g/mol. The zero-order valence-corrected chi connectivity index (χ0v) is 13.5. The molecule has 0 radical (unpaired) electrons. The summed E-state index contributed by atoms with van der Waals surface area (Å²) in [7, 11) is 0. The molecule has 0 aliphatic rings. The Morgan fingerprint density at radius 2 is 2.00 bits per heavy atom. The Hall–Kier alpha value is -1.92. The predicted octanol–water partition coefficient (Wildman–Crippen LogP) is 3.94. The number of hydrogen-bond donors (Lipinski definition) is 2. The highest BCUT2D eigenvalue weighted by Gasteiger charge is 2.14. The fourth-order valence-electron chi connectivity index (χ4n) is 2.00. The fourth-order valence-corrected chi connectivity index (χ4v) is 3.37. The highest BCUT2D eigenvalue weighted by Crippen LogP contribution is 2.30. The number of rotatable bonds is 2. The Balaban J connectivity index is 2.12. The van der Waals surface area contributed by atoms with Crippen LogP contribution in [0.1, 0.15) is 5.56 Å². The normalized spacial score (nSPS) is 10.8. The molecule has 2 heterocycles. The predicted molar refractivity (Wildman–Crippen MR) is 87.7 cm³/mol. The lowest BCUT2D eigenvalue weighted by atomic mass is 10.1. The van der Waals surface area contributed by atoms with Crippen LogP contribution < -0.4 is 5.56 Å². The van der Waals surface area contributed by atoms with E-state index in [1.807, 2.05) is 30.5 Å². The van der Waals surface area contributed by atoms with Crippen LogP contribution in [0.4, 0.5) is 0 Å². The van der Waals surface area contributed by atoms with Crippen molar-refractivity contribution in [1.29, 1.82) is 0 Å². The molecule has 0 amide bonds. The number of aryl methyl sites for hydroxylation is 1. The van der Waals surface area contributed by atoms with Gasteiger partial charge in [0.25, 0.3) is 5.56 Å². The molecule has 0 spiro atoms. The molecule has 3 aromatic rings. The van der Waals surface area contributed by atoms with E-state index in [2.05, 4.69) is 25.9 Å². The number of halogens is 1. The van der Waals surface area contributed by atoms with Crippen molar-refractivity contribution in [1.82, 2.24) is 9.97 Å². The van der Waals surface area contributed by atoms with Crippen molar-refractivity contribution < 1.29 is 5.11 Å². The number of aromatic hydroxyl groups is 1. The molecular weight excluding hydrogens is 352 g/mol. The highest BCUT2D eigenvalue weighted by atomic mass is 79.9. The van der Waals surface area contributed by atoms with Gasteiger partial charge >= 0.3 is 0 Å². The quantitative estimate of drug-likeness (QED) is 0.725. The number of aromatic amines is 1. The van der Waals surface area contributed by atoms with Crippen LogP contribution in [-0.4, -0.2) is 15.1 Å². The minimum Gasteiger partial charge on any atom is -0.493 e. The van der Waals surface area contributed by atoms with Gasteiger partial charge in [-0.15, -0.1) is 11.3 Å². The van der Waals surface area contributed by atoms with Crippen molar-refractivity contribution in [2.75, 3.05) is 0 Å². The number of H-pyrrole nitrogens is 1. The van der Waals surface area contributed by atoms with E-state index in [0.29, 0.717) is 11.4 Å². The van der Waals surface area contributed by atoms with Gasteiger partial charge in [0.15, 0.2) is 5.82 Å². The molecule has 0 bridgehead atoms. The zero-order valence-electron chi connectivity index (χ0n) is 11.1. The van der Waals surface area contributed by atoms with E-state index >= 15 is 0 Å². The largest absolute Gasteiger partial charge is 0.493 e. The van der Waals surface area contributed by atoms with Gasteiger partial charge in [-0.1, -0.05) is 29.8 Å². The lowest BCUT2D eigenvalue weighted by Crippen LogP contribution is -2.11. The first-order chi connectivity index (χ1) is 10.0. The van der Waals surface area contributed by atoms with Gasteiger partial charge < -0.3 is 10.1 Å². The summed E-state index contributed by atoms with van der Waals surface area (Å²) in [6, 6.07) is 9.20. The third-order valence-electron chi connectivity index (χ3n) is 3.04. The second-order valence-corrected chi connectivity index (χ2v) is 6.44. The van der Waals surface area contributed by atoms with Crippen LogP contribution in [0.5, 0.6) is 5.88 Å². The summed E-state index contributed by atoms with van der Waals surface area (Å²) in [5.41, 5.74) is 1.56. The maximum atomic E-state index is 12.3. The van der Waals surface area contributed by atoms with Crippen molar-refractivity contribution in [3.8, 4) is 27.7 Å². The molecule has 3 rings (SSSR count). The first-order valence-corrected chi connectivity index (χ1v) is 7.86. The summed E-state index contributed by atoms with van der Waals surface area (Å²) < 4.78 is 0.909. The molecule has 0 fully saturated rings. The van der Waals surface area contributed by atoms with Crippen LogP contribution in [0.3, 0.4) is 0 Å². The molecule has 0 saturated heterocycles. The molecule has 1 aromatic carbocycles. The molecule has 6 heteroatoms. The van der Waals surface area contributed by atoms with Gasteiger partial charge in [-0.05, 0) is 34.5 Å². The van der Waals surface area contributed by atoms with Crippen LogP contribution in [-0.2, 0) is 0 Å². The fraction of sp³-hybridized carbons (Fsp3) is 0.0667. The van der Waals surface area contributed by atoms with E-state index in [-0.39, 0.29) is 17.0 Å². The molecule has 0 aliphatic heterocycles. The molecule has 0 saturated carbocycles. The van der Waals surface area contributed by atoms with Gasteiger partial charge in [-0.2, -0.15) is 4.98 Å². The lowest BCUT2D eigenvalue weighted by Gasteiger charge is -2.05. The van der Waals surface area contributed by atoms with E-state index in [1.54, 1.807) is 12.1 Å². The molecule has 4 nitrogen and oxygen atoms in total. The molecule has 0 atom stereocenters. The van der Waals surface area contributed by atoms with Crippen LogP contribution in [0.15, 0.2) is 45.0 Å². The third kappa shape index (κ3) is 2.77. The molecular formula is C15H11BrN2O2S.